The lowest BCUT2D eigenvalue weighted by atomic mass is 10.1. The van der Waals surface area contributed by atoms with Crippen molar-refractivity contribution in [2.75, 3.05) is 13.1 Å². The first-order chi connectivity index (χ1) is 8.49. The number of likely N-dealkylation sites (tertiary alicyclic amines) is 1. The Balaban J connectivity index is 2.12. The highest BCUT2D eigenvalue weighted by Crippen LogP contribution is 2.23. The lowest BCUT2D eigenvalue weighted by Crippen LogP contribution is -2.29. The van der Waals surface area contributed by atoms with Crippen LogP contribution in [0.4, 0.5) is 0 Å². The smallest absolute Gasteiger partial charge is 0.308 e. The predicted molar refractivity (Wildman–Crippen MR) is 75.8 cm³/mol. The SMILES string of the molecule is O=C(O)C1CCN(C(=O)c2ccc(I)c(Cl)c2)C1. The Hall–Kier alpha value is -0.820. The summed E-state index contributed by atoms with van der Waals surface area (Å²) in [7, 11) is 0. The Morgan fingerprint density at radius 2 is 2.17 bits per heavy atom. The van der Waals surface area contributed by atoms with Gasteiger partial charge in [-0.1, -0.05) is 11.6 Å². The van der Waals surface area contributed by atoms with Gasteiger partial charge in [-0.3, -0.25) is 9.59 Å². The molecule has 0 saturated carbocycles. The van der Waals surface area contributed by atoms with E-state index in [1.165, 1.54) is 0 Å². The van der Waals surface area contributed by atoms with Crippen LogP contribution in [0.1, 0.15) is 16.8 Å². The summed E-state index contributed by atoms with van der Waals surface area (Å²) in [5.74, 6) is -1.45. The van der Waals surface area contributed by atoms with Crippen molar-refractivity contribution in [2.45, 2.75) is 6.42 Å². The zero-order valence-corrected chi connectivity index (χ0v) is 12.3. The zero-order chi connectivity index (χ0) is 13.3. The van der Waals surface area contributed by atoms with Crippen LogP contribution in [0, 0.1) is 9.49 Å². The van der Waals surface area contributed by atoms with Gasteiger partial charge in [-0.15, -0.1) is 0 Å². The van der Waals surface area contributed by atoms with Gasteiger partial charge < -0.3 is 10.0 Å². The molecule has 1 aliphatic rings. The fraction of sp³-hybridized carbons (Fsp3) is 0.333. The summed E-state index contributed by atoms with van der Waals surface area (Å²) in [6, 6.07) is 5.12. The van der Waals surface area contributed by atoms with Crippen molar-refractivity contribution in [3.05, 3.63) is 32.4 Å². The van der Waals surface area contributed by atoms with Gasteiger partial charge in [0.25, 0.3) is 5.91 Å². The van der Waals surface area contributed by atoms with Gasteiger partial charge in [-0.2, -0.15) is 0 Å². The first-order valence-electron chi connectivity index (χ1n) is 5.46. The van der Waals surface area contributed by atoms with E-state index in [-0.39, 0.29) is 12.5 Å². The van der Waals surface area contributed by atoms with Crippen LogP contribution < -0.4 is 0 Å². The summed E-state index contributed by atoms with van der Waals surface area (Å²) >= 11 is 8.06. The van der Waals surface area contributed by atoms with Crippen LogP contribution in [0.2, 0.25) is 5.02 Å². The van der Waals surface area contributed by atoms with Crippen molar-refractivity contribution >= 4 is 46.1 Å². The highest BCUT2D eigenvalue weighted by molar-refractivity contribution is 14.1. The number of rotatable bonds is 2. The van der Waals surface area contributed by atoms with Crippen molar-refractivity contribution in [1.29, 1.82) is 0 Å². The second-order valence-corrected chi connectivity index (χ2v) is 5.77. The molecule has 1 unspecified atom stereocenters. The summed E-state index contributed by atoms with van der Waals surface area (Å²) < 4.78 is 0.885. The maximum absolute atomic E-state index is 12.2. The average molecular weight is 380 g/mol. The minimum absolute atomic E-state index is 0.156. The maximum atomic E-state index is 12.2. The molecule has 1 N–H and O–H groups in total. The van der Waals surface area contributed by atoms with Gasteiger partial charge in [-0.05, 0) is 47.2 Å². The molecule has 96 valence electrons. The third kappa shape index (κ3) is 2.77. The van der Waals surface area contributed by atoms with E-state index in [2.05, 4.69) is 22.6 Å². The molecule has 1 aromatic rings. The Morgan fingerprint density at radius 1 is 1.44 bits per heavy atom. The number of carboxylic acid groups (broad SMARTS) is 1. The van der Waals surface area contributed by atoms with Gasteiger partial charge in [-0.25, -0.2) is 0 Å². The molecule has 2 rings (SSSR count). The van der Waals surface area contributed by atoms with E-state index in [0.717, 1.165) is 3.57 Å². The molecule has 1 aromatic carbocycles. The normalized spacial score (nSPS) is 19.0. The van der Waals surface area contributed by atoms with E-state index in [1.54, 1.807) is 23.1 Å². The van der Waals surface area contributed by atoms with Crippen molar-refractivity contribution < 1.29 is 14.7 Å². The Kier molecular flexibility index (Phi) is 4.11. The highest BCUT2D eigenvalue weighted by atomic mass is 127. The quantitative estimate of drug-likeness (QED) is 0.803. The van der Waals surface area contributed by atoms with Crippen LogP contribution in [0.5, 0.6) is 0 Å². The number of halogens is 2. The lowest BCUT2D eigenvalue weighted by Gasteiger charge is -2.16. The number of benzene rings is 1. The second-order valence-electron chi connectivity index (χ2n) is 4.20. The topological polar surface area (TPSA) is 57.6 Å². The fourth-order valence-electron chi connectivity index (χ4n) is 1.96. The highest BCUT2D eigenvalue weighted by Gasteiger charge is 2.31. The molecule has 0 aromatic heterocycles. The van der Waals surface area contributed by atoms with Gasteiger partial charge in [0.1, 0.15) is 0 Å². The van der Waals surface area contributed by atoms with Gasteiger partial charge in [0.15, 0.2) is 0 Å². The van der Waals surface area contributed by atoms with Crippen LogP contribution in [-0.4, -0.2) is 35.0 Å². The Bertz CT molecular complexity index is 506. The zero-order valence-electron chi connectivity index (χ0n) is 9.40. The average Bonchev–Trinajstić information content (AvgIpc) is 2.81. The molecule has 6 heteroatoms. The molecule has 1 heterocycles. The van der Waals surface area contributed by atoms with Crippen LogP contribution in [0.15, 0.2) is 18.2 Å². The molecule has 1 fully saturated rings. The number of aliphatic carboxylic acids is 1. The van der Waals surface area contributed by atoms with E-state index in [9.17, 15) is 9.59 Å². The number of hydrogen-bond acceptors (Lipinski definition) is 2. The third-order valence-corrected chi connectivity index (χ3v) is 4.56. The molecular formula is C12H11ClINO3. The molecule has 1 saturated heterocycles. The molecular weight excluding hydrogens is 368 g/mol. The fourth-order valence-corrected chi connectivity index (χ4v) is 2.47. The van der Waals surface area contributed by atoms with E-state index in [4.69, 9.17) is 16.7 Å². The van der Waals surface area contributed by atoms with Gasteiger partial charge in [0, 0.05) is 22.2 Å². The van der Waals surface area contributed by atoms with Crippen LogP contribution >= 0.6 is 34.2 Å². The van der Waals surface area contributed by atoms with Gasteiger partial charge in [0.05, 0.1) is 10.9 Å². The third-order valence-electron chi connectivity index (χ3n) is 2.99. The molecule has 1 amide bonds. The second kappa shape index (κ2) is 5.44. The Morgan fingerprint density at radius 3 is 2.72 bits per heavy atom. The first-order valence-corrected chi connectivity index (χ1v) is 6.92. The van der Waals surface area contributed by atoms with E-state index >= 15 is 0 Å². The van der Waals surface area contributed by atoms with Crippen molar-refractivity contribution in [3.8, 4) is 0 Å². The molecule has 1 atom stereocenters. The number of carbonyl (C=O) groups excluding carboxylic acids is 1. The van der Waals surface area contributed by atoms with Gasteiger partial charge in [0.2, 0.25) is 0 Å². The number of amides is 1. The van der Waals surface area contributed by atoms with Gasteiger partial charge >= 0.3 is 5.97 Å². The monoisotopic (exact) mass is 379 g/mol. The number of nitrogens with zero attached hydrogens (tertiary/aromatic N) is 1. The summed E-state index contributed by atoms with van der Waals surface area (Å²) in [6.45, 7) is 0.761. The summed E-state index contributed by atoms with van der Waals surface area (Å²) in [5, 5.41) is 9.44. The van der Waals surface area contributed by atoms with Crippen molar-refractivity contribution in [1.82, 2.24) is 4.90 Å². The lowest BCUT2D eigenvalue weighted by molar-refractivity contribution is -0.141. The predicted octanol–water partition coefficient (Wildman–Crippen LogP) is 2.49. The van der Waals surface area contributed by atoms with Crippen LogP contribution in [0.3, 0.4) is 0 Å². The molecule has 18 heavy (non-hydrogen) atoms. The van der Waals surface area contributed by atoms with E-state index in [1.807, 2.05) is 0 Å². The summed E-state index contributed by atoms with van der Waals surface area (Å²) in [5.41, 5.74) is 0.506. The van der Waals surface area contributed by atoms with Crippen molar-refractivity contribution in [3.63, 3.8) is 0 Å². The van der Waals surface area contributed by atoms with E-state index < -0.39 is 11.9 Å². The Labute approximate surface area is 123 Å². The standard InChI is InChI=1S/C12H11ClINO3/c13-9-5-7(1-2-10(9)14)11(16)15-4-3-8(6-15)12(17)18/h1-2,5,8H,3-4,6H2,(H,17,18). The minimum Gasteiger partial charge on any atom is -0.481 e. The minimum atomic E-state index is -0.842. The molecule has 0 aliphatic carbocycles. The first kappa shape index (κ1) is 13.6. The van der Waals surface area contributed by atoms with Crippen LogP contribution in [0.25, 0.3) is 0 Å². The molecule has 4 nitrogen and oxygen atoms in total. The molecule has 0 spiro atoms. The number of carboxylic acids is 1. The molecule has 0 bridgehead atoms. The maximum Gasteiger partial charge on any atom is 0.308 e. The summed E-state index contributed by atoms with van der Waals surface area (Å²) in [4.78, 5) is 24.6. The largest absolute Gasteiger partial charge is 0.481 e. The molecule has 0 radical (unpaired) electrons. The van der Waals surface area contributed by atoms with Crippen LogP contribution in [-0.2, 0) is 4.79 Å². The van der Waals surface area contributed by atoms with Crippen molar-refractivity contribution in [2.24, 2.45) is 5.92 Å². The molecule has 1 aliphatic heterocycles. The summed E-state index contributed by atoms with van der Waals surface area (Å²) in [6.07, 6.45) is 0.513. The van der Waals surface area contributed by atoms with E-state index in [0.29, 0.717) is 23.6 Å². The number of hydrogen-bond donors (Lipinski definition) is 1. The number of carbonyl (C=O) groups is 2.